The van der Waals surface area contributed by atoms with Crippen molar-refractivity contribution >= 4 is 11.8 Å². The Kier molecular flexibility index (Phi) is 5.86. The summed E-state index contributed by atoms with van der Waals surface area (Å²) in [6.07, 6.45) is 0.773. The van der Waals surface area contributed by atoms with E-state index < -0.39 is 11.7 Å². The molecule has 1 aliphatic carbocycles. The Morgan fingerprint density at radius 3 is 2.26 bits per heavy atom. The lowest BCUT2D eigenvalue weighted by Crippen LogP contribution is -2.59. The Balaban J connectivity index is 1.67. The van der Waals surface area contributed by atoms with E-state index in [2.05, 4.69) is 10.6 Å². The minimum absolute atomic E-state index is 0.0441. The van der Waals surface area contributed by atoms with Crippen LogP contribution in [-0.4, -0.2) is 36.1 Å². The molecule has 0 aliphatic heterocycles. The average molecular weight is 369 g/mol. The summed E-state index contributed by atoms with van der Waals surface area (Å²) in [6.45, 7) is -0.0441. The number of nitrogens with two attached hydrogens (primary N) is 1. The number of nitrogens with one attached hydrogen (secondary N) is 2. The quantitative estimate of drug-likeness (QED) is 0.698. The Hall–Kier alpha value is -2.73. The van der Waals surface area contributed by atoms with Crippen LogP contribution < -0.4 is 16.4 Å². The number of rotatable bonds is 7. The molecule has 0 bridgehead atoms. The second-order valence-corrected chi connectivity index (χ2v) is 7.05. The van der Waals surface area contributed by atoms with E-state index in [0.717, 1.165) is 5.56 Å². The lowest BCUT2D eigenvalue weighted by atomic mass is 9.77. The largest absolute Gasteiger partial charge is 0.351 e. The molecule has 0 saturated heterocycles. The first-order valence-electron chi connectivity index (χ1n) is 9.08. The monoisotopic (exact) mass is 369 g/mol. The standard InChI is InChI=1S/C21H24FN3O2/c22-21(14-23)12-17(13-21)24-20(27)18(11-15-7-3-1-4-8-15)25-19(26)16-9-5-2-6-10-16/h1-10,17-18H,11-14,23H2,(H,24,27)(H,25,26). The molecule has 142 valence electrons. The third-order valence-corrected chi connectivity index (χ3v) is 4.88. The molecule has 1 fully saturated rings. The van der Waals surface area contributed by atoms with E-state index in [-0.39, 0.29) is 37.2 Å². The number of benzene rings is 2. The fourth-order valence-corrected chi connectivity index (χ4v) is 3.28. The van der Waals surface area contributed by atoms with Gasteiger partial charge in [-0.2, -0.15) is 0 Å². The van der Waals surface area contributed by atoms with Crippen LogP contribution in [-0.2, 0) is 11.2 Å². The summed E-state index contributed by atoms with van der Waals surface area (Å²) in [5.41, 5.74) is 5.44. The van der Waals surface area contributed by atoms with E-state index in [1.807, 2.05) is 36.4 Å². The third-order valence-electron chi connectivity index (χ3n) is 4.88. The van der Waals surface area contributed by atoms with E-state index in [1.54, 1.807) is 24.3 Å². The SMILES string of the molecule is NCC1(F)CC(NC(=O)C(Cc2ccccc2)NC(=O)c2ccccc2)C1. The first kappa shape index (κ1) is 19.0. The van der Waals surface area contributed by atoms with Gasteiger partial charge in [0, 0.05) is 37.4 Å². The first-order valence-corrected chi connectivity index (χ1v) is 9.08. The van der Waals surface area contributed by atoms with E-state index in [1.165, 1.54) is 0 Å². The van der Waals surface area contributed by atoms with Crippen LogP contribution in [0.15, 0.2) is 60.7 Å². The zero-order valence-corrected chi connectivity index (χ0v) is 15.0. The van der Waals surface area contributed by atoms with Crippen molar-refractivity contribution in [2.45, 2.75) is 37.0 Å². The third kappa shape index (κ3) is 4.92. The number of amides is 2. The second kappa shape index (κ2) is 8.31. The van der Waals surface area contributed by atoms with Crippen LogP contribution >= 0.6 is 0 Å². The van der Waals surface area contributed by atoms with Crippen molar-refractivity contribution in [1.82, 2.24) is 10.6 Å². The van der Waals surface area contributed by atoms with Crippen molar-refractivity contribution in [1.29, 1.82) is 0 Å². The molecule has 0 radical (unpaired) electrons. The van der Waals surface area contributed by atoms with E-state index in [0.29, 0.717) is 12.0 Å². The van der Waals surface area contributed by atoms with E-state index in [9.17, 15) is 14.0 Å². The minimum Gasteiger partial charge on any atom is -0.351 e. The molecule has 1 saturated carbocycles. The van der Waals surface area contributed by atoms with Gasteiger partial charge in [0.25, 0.3) is 5.91 Å². The van der Waals surface area contributed by atoms with Gasteiger partial charge in [-0.3, -0.25) is 9.59 Å². The van der Waals surface area contributed by atoms with Crippen LogP contribution in [0.3, 0.4) is 0 Å². The molecular weight excluding hydrogens is 345 g/mol. The topological polar surface area (TPSA) is 84.2 Å². The van der Waals surface area contributed by atoms with Gasteiger partial charge in [-0.25, -0.2) is 4.39 Å². The van der Waals surface area contributed by atoms with Crippen molar-refractivity contribution in [2.75, 3.05) is 6.54 Å². The van der Waals surface area contributed by atoms with Crippen molar-refractivity contribution in [3.63, 3.8) is 0 Å². The molecule has 4 N–H and O–H groups in total. The highest BCUT2D eigenvalue weighted by Gasteiger charge is 2.44. The Bertz CT molecular complexity index is 777. The molecule has 1 aliphatic rings. The van der Waals surface area contributed by atoms with Crippen LogP contribution in [0.4, 0.5) is 4.39 Å². The van der Waals surface area contributed by atoms with Crippen molar-refractivity contribution < 1.29 is 14.0 Å². The van der Waals surface area contributed by atoms with Gasteiger partial charge in [-0.05, 0) is 17.7 Å². The van der Waals surface area contributed by atoms with Crippen LogP contribution in [0.5, 0.6) is 0 Å². The Morgan fingerprint density at radius 2 is 1.67 bits per heavy atom. The van der Waals surface area contributed by atoms with Gasteiger partial charge >= 0.3 is 0 Å². The molecule has 0 spiro atoms. The molecular formula is C21H24FN3O2. The van der Waals surface area contributed by atoms with E-state index in [4.69, 9.17) is 5.73 Å². The second-order valence-electron chi connectivity index (χ2n) is 7.05. The molecule has 0 heterocycles. The summed E-state index contributed by atoms with van der Waals surface area (Å²) in [5.74, 6) is -0.630. The molecule has 5 nitrogen and oxygen atoms in total. The van der Waals surface area contributed by atoms with Crippen LogP contribution in [0.1, 0.15) is 28.8 Å². The average Bonchev–Trinajstić information content (AvgIpc) is 2.67. The molecule has 1 atom stereocenters. The molecule has 1 unspecified atom stereocenters. The zero-order chi connectivity index (χ0) is 19.3. The smallest absolute Gasteiger partial charge is 0.251 e. The summed E-state index contributed by atoms with van der Waals surface area (Å²) >= 11 is 0. The van der Waals surface area contributed by atoms with Gasteiger partial charge in [0.2, 0.25) is 5.91 Å². The van der Waals surface area contributed by atoms with Gasteiger partial charge in [0.05, 0.1) is 0 Å². The number of carbonyl (C=O) groups excluding carboxylic acids is 2. The molecule has 6 heteroatoms. The summed E-state index contributed by atoms with van der Waals surface area (Å²) < 4.78 is 14.0. The zero-order valence-electron chi connectivity index (χ0n) is 15.0. The normalized spacial score (nSPS) is 22.4. The Morgan fingerprint density at radius 1 is 1.07 bits per heavy atom. The predicted molar refractivity (Wildman–Crippen MR) is 102 cm³/mol. The highest BCUT2D eigenvalue weighted by molar-refractivity contribution is 5.97. The van der Waals surface area contributed by atoms with Crippen LogP contribution in [0.25, 0.3) is 0 Å². The molecule has 2 amide bonds. The lowest BCUT2D eigenvalue weighted by molar-refractivity contribution is -0.125. The minimum atomic E-state index is -1.39. The molecule has 3 rings (SSSR count). The maximum absolute atomic E-state index is 14.0. The fourth-order valence-electron chi connectivity index (χ4n) is 3.28. The van der Waals surface area contributed by atoms with Crippen LogP contribution in [0, 0.1) is 0 Å². The number of hydrogen-bond donors (Lipinski definition) is 3. The van der Waals surface area contributed by atoms with Gasteiger partial charge in [0.15, 0.2) is 0 Å². The van der Waals surface area contributed by atoms with Crippen LogP contribution in [0.2, 0.25) is 0 Å². The maximum atomic E-state index is 14.0. The van der Waals surface area contributed by atoms with Crippen molar-refractivity contribution in [3.05, 3.63) is 71.8 Å². The maximum Gasteiger partial charge on any atom is 0.251 e. The highest BCUT2D eigenvalue weighted by Crippen LogP contribution is 2.35. The molecule has 0 aromatic heterocycles. The molecule has 27 heavy (non-hydrogen) atoms. The molecule has 2 aromatic rings. The Labute approximate surface area is 158 Å². The summed E-state index contributed by atoms with van der Waals surface area (Å²) in [5, 5.41) is 5.63. The van der Waals surface area contributed by atoms with Gasteiger partial charge in [-0.15, -0.1) is 0 Å². The summed E-state index contributed by atoms with van der Waals surface area (Å²) in [7, 11) is 0. The number of hydrogen-bond acceptors (Lipinski definition) is 3. The van der Waals surface area contributed by atoms with Gasteiger partial charge in [-0.1, -0.05) is 48.5 Å². The summed E-state index contributed by atoms with van der Waals surface area (Å²) in [6, 6.07) is 17.2. The predicted octanol–water partition coefficient (Wildman–Crippen LogP) is 1.97. The van der Waals surface area contributed by atoms with Gasteiger partial charge in [0.1, 0.15) is 11.7 Å². The first-order chi connectivity index (χ1) is 13.0. The number of halogens is 1. The summed E-state index contributed by atoms with van der Waals surface area (Å²) in [4.78, 5) is 25.2. The highest BCUT2D eigenvalue weighted by atomic mass is 19.1. The van der Waals surface area contributed by atoms with E-state index >= 15 is 0 Å². The van der Waals surface area contributed by atoms with Crippen molar-refractivity contribution in [2.24, 2.45) is 5.73 Å². The lowest BCUT2D eigenvalue weighted by Gasteiger charge is -2.41. The number of alkyl halides is 1. The fraction of sp³-hybridized carbons (Fsp3) is 0.333. The van der Waals surface area contributed by atoms with Gasteiger partial charge < -0.3 is 16.4 Å². The number of carbonyl (C=O) groups is 2. The van der Waals surface area contributed by atoms with Crippen molar-refractivity contribution in [3.8, 4) is 0 Å². The molecule has 2 aromatic carbocycles.